The Balaban J connectivity index is 2.14. The van der Waals surface area contributed by atoms with Crippen molar-refractivity contribution in [2.24, 2.45) is 0 Å². The molecule has 1 radical (unpaired) electrons. The van der Waals surface area contributed by atoms with Gasteiger partial charge in [0.1, 0.15) is 0 Å². The number of aryl methyl sites for hydroxylation is 1. The van der Waals surface area contributed by atoms with E-state index in [9.17, 15) is 0 Å². The third-order valence-electron chi connectivity index (χ3n) is 4.78. The van der Waals surface area contributed by atoms with Gasteiger partial charge in [-0.2, -0.15) is 0 Å². The van der Waals surface area contributed by atoms with E-state index in [4.69, 9.17) is 0 Å². The molecule has 1 N–H and O–H groups in total. The van der Waals surface area contributed by atoms with E-state index in [2.05, 4.69) is 51.2 Å². The number of para-hydroxylation sites is 1. The van der Waals surface area contributed by atoms with E-state index in [-0.39, 0.29) is 0 Å². The maximum atomic E-state index is 3.61. The Kier molecular flexibility index (Phi) is 3.00. The summed E-state index contributed by atoms with van der Waals surface area (Å²) in [6.07, 6.45) is 2.44. The molecule has 1 aromatic rings. The van der Waals surface area contributed by atoms with Crippen LogP contribution in [0.15, 0.2) is 40.5 Å². The van der Waals surface area contributed by atoms with Crippen molar-refractivity contribution in [3.63, 3.8) is 0 Å². The summed E-state index contributed by atoms with van der Waals surface area (Å²) in [5, 5.41) is 3.61. The lowest BCUT2D eigenvalue weighted by Crippen LogP contribution is -2.15. The lowest BCUT2D eigenvalue weighted by Gasteiger charge is -2.25. The van der Waals surface area contributed by atoms with Gasteiger partial charge in [-0.15, -0.1) is 0 Å². The molecule has 1 heteroatoms. The van der Waals surface area contributed by atoms with Crippen LogP contribution >= 0.6 is 0 Å². The van der Waals surface area contributed by atoms with Crippen molar-refractivity contribution in [2.45, 2.75) is 40.5 Å². The van der Waals surface area contributed by atoms with Crippen LogP contribution in [0.3, 0.4) is 0 Å². The van der Waals surface area contributed by atoms with E-state index in [1.54, 1.807) is 0 Å². The summed E-state index contributed by atoms with van der Waals surface area (Å²) in [4.78, 5) is 0. The Labute approximate surface area is 116 Å². The number of hydrogen-bond acceptors (Lipinski definition) is 1. The molecule has 0 saturated heterocycles. The van der Waals surface area contributed by atoms with Gasteiger partial charge < -0.3 is 5.32 Å². The number of allylic oxidation sites excluding steroid dienone is 4. The van der Waals surface area contributed by atoms with Crippen molar-refractivity contribution in [2.75, 3.05) is 11.9 Å². The molecule has 0 amide bonds. The van der Waals surface area contributed by atoms with Gasteiger partial charge in [0.15, 0.2) is 0 Å². The van der Waals surface area contributed by atoms with Gasteiger partial charge in [-0.05, 0) is 62.8 Å². The third-order valence-corrected chi connectivity index (χ3v) is 4.78. The van der Waals surface area contributed by atoms with Crippen LogP contribution in [0.5, 0.6) is 0 Å². The van der Waals surface area contributed by atoms with Gasteiger partial charge >= 0.3 is 0 Å². The van der Waals surface area contributed by atoms with Crippen molar-refractivity contribution in [3.8, 4) is 0 Å². The number of rotatable bonds is 1. The zero-order valence-electron chi connectivity index (χ0n) is 12.4. The molecular weight excluding hydrogens is 230 g/mol. The highest BCUT2D eigenvalue weighted by atomic mass is 14.9. The van der Waals surface area contributed by atoms with Crippen LogP contribution in [-0.2, 0) is 6.42 Å². The van der Waals surface area contributed by atoms with Crippen molar-refractivity contribution >= 4 is 5.69 Å². The minimum atomic E-state index is 1.10. The standard InChI is InChI=1S/C18H22N/c1-11-12(2)14(4)17(13(11)3)16-9-5-7-15-8-6-10-19-18(15)16/h5,7,9,19H,6,8,10H2,1-4H3. The number of fused-ring (bicyclic) bond motifs is 1. The zero-order chi connectivity index (χ0) is 13.6. The second kappa shape index (κ2) is 4.56. The molecule has 1 nitrogen and oxygen atoms in total. The molecule has 0 bridgehead atoms. The minimum Gasteiger partial charge on any atom is -0.385 e. The van der Waals surface area contributed by atoms with Crippen LogP contribution in [0.25, 0.3) is 0 Å². The van der Waals surface area contributed by atoms with Gasteiger partial charge in [-0.3, -0.25) is 0 Å². The normalized spacial score (nSPS) is 19.8. The van der Waals surface area contributed by atoms with Crippen molar-refractivity contribution in [3.05, 3.63) is 57.5 Å². The molecular formula is C18H22N. The van der Waals surface area contributed by atoms with Crippen LogP contribution in [0, 0.1) is 5.92 Å². The summed E-state index contributed by atoms with van der Waals surface area (Å²) in [6, 6.07) is 6.74. The smallest absolute Gasteiger partial charge is 0.0570 e. The Morgan fingerprint density at radius 2 is 1.58 bits per heavy atom. The van der Waals surface area contributed by atoms with Gasteiger partial charge in [0.25, 0.3) is 0 Å². The number of benzene rings is 1. The van der Waals surface area contributed by atoms with Gasteiger partial charge in [0.2, 0.25) is 0 Å². The fraction of sp³-hybridized carbons (Fsp3) is 0.389. The highest BCUT2D eigenvalue weighted by Crippen LogP contribution is 2.45. The summed E-state index contributed by atoms with van der Waals surface area (Å²) in [5.41, 5.74) is 10.0. The van der Waals surface area contributed by atoms with Crippen LogP contribution in [0.2, 0.25) is 0 Å². The van der Waals surface area contributed by atoms with Crippen molar-refractivity contribution in [1.82, 2.24) is 0 Å². The van der Waals surface area contributed by atoms with E-state index >= 15 is 0 Å². The first-order valence-electron chi connectivity index (χ1n) is 7.20. The quantitative estimate of drug-likeness (QED) is 0.767. The van der Waals surface area contributed by atoms with E-state index in [1.807, 2.05) is 0 Å². The topological polar surface area (TPSA) is 12.0 Å². The second-order valence-corrected chi connectivity index (χ2v) is 5.75. The van der Waals surface area contributed by atoms with Crippen molar-refractivity contribution < 1.29 is 0 Å². The number of nitrogens with one attached hydrogen (secondary N) is 1. The molecule has 0 unspecified atom stereocenters. The van der Waals surface area contributed by atoms with Crippen LogP contribution in [0.1, 0.15) is 45.2 Å². The molecule has 0 aromatic heterocycles. The average molecular weight is 252 g/mol. The summed E-state index contributed by atoms with van der Waals surface area (Å²) in [5.74, 6) is 1.45. The lowest BCUT2D eigenvalue weighted by atomic mass is 9.85. The monoisotopic (exact) mass is 252 g/mol. The third kappa shape index (κ3) is 1.83. The fourth-order valence-electron chi connectivity index (χ4n) is 3.34. The predicted octanol–water partition coefficient (Wildman–Crippen LogP) is 4.65. The van der Waals surface area contributed by atoms with Gasteiger partial charge in [-0.1, -0.05) is 29.3 Å². The molecule has 1 aliphatic heterocycles. The van der Waals surface area contributed by atoms with E-state index in [0.717, 1.165) is 6.54 Å². The maximum absolute atomic E-state index is 3.61. The van der Waals surface area contributed by atoms with Crippen LogP contribution in [-0.4, -0.2) is 6.54 Å². The average Bonchev–Trinajstić information content (AvgIpc) is 2.63. The SMILES string of the molecule is CC1=C(C)C(C)=C(C)[C]1c1cccc2c1NCCC2. The second-order valence-electron chi connectivity index (χ2n) is 5.75. The summed E-state index contributed by atoms with van der Waals surface area (Å²) >= 11 is 0. The summed E-state index contributed by atoms with van der Waals surface area (Å²) in [7, 11) is 0. The lowest BCUT2D eigenvalue weighted by molar-refractivity contribution is 0.826. The summed E-state index contributed by atoms with van der Waals surface area (Å²) < 4.78 is 0. The molecule has 99 valence electrons. The molecule has 3 rings (SSSR count). The number of hydrogen-bond donors (Lipinski definition) is 1. The molecule has 1 aliphatic carbocycles. The van der Waals surface area contributed by atoms with Crippen molar-refractivity contribution in [1.29, 1.82) is 0 Å². The largest absolute Gasteiger partial charge is 0.385 e. The van der Waals surface area contributed by atoms with E-state index in [0.29, 0.717) is 0 Å². The fourth-order valence-corrected chi connectivity index (χ4v) is 3.34. The van der Waals surface area contributed by atoms with E-state index in [1.165, 1.54) is 57.9 Å². The molecule has 0 fully saturated rings. The Bertz CT molecular complexity index is 566. The first-order valence-corrected chi connectivity index (χ1v) is 7.20. The number of anilines is 1. The molecule has 0 atom stereocenters. The highest BCUT2D eigenvalue weighted by molar-refractivity contribution is 5.74. The van der Waals surface area contributed by atoms with Gasteiger partial charge in [0, 0.05) is 12.2 Å². The molecule has 0 saturated carbocycles. The highest BCUT2D eigenvalue weighted by Gasteiger charge is 2.29. The molecule has 1 heterocycles. The molecule has 2 aliphatic rings. The minimum absolute atomic E-state index is 1.10. The zero-order valence-corrected chi connectivity index (χ0v) is 12.4. The maximum Gasteiger partial charge on any atom is 0.0570 e. The predicted molar refractivity (Wildman–Crippen MR) is 82.3 cm³/mol. The Morgan fingerprint density at radius 1 is 0.895 bits per heavy atom. The summed E-state index contributed by atoms with van der Waals surface area (Å²) in [6.45, 7) is 10.1. The van der Waals surface area contributed by atoms with Crippen LogP contribution < -0.4 is 5.32 Å². The Morgan fingerprint density at radius 3 is 2.26 bits per heavy atom. The van der Waals surface area contributed by atoms with E-state index < -0.39 is 0 Å². The van der Waals surface area contributed by atoms with Gasteiger partial charge in [0.05, 0.1) is 5.92 Å². The first-order chi connectivity index (χ1) is 9.11. The first kappa shape index (κ1) is 12.5. The molecule has 19 heavy (non-hydrogen) atoms. The van der Waals surface area contributed by atoms with Gasteiger partial charge in [-0.25, -0.2) is 0 Å². The van der Waals surface area contributed by atoms with Crippen LogP contribution in [0.4, 0.5) is 5.69 Å². The Hall–Kier alpha value is -1.50. The molecule has 0 spiro atoms. The molecule has 1 aromatic carbocycles.